The summed E-state index contributed by atoms with van der Waals surface area (Å²) in [5.41, 5.74) is 0.707. The van der Waals surface area contributed by atoms with Crippen molar-refractivity contribution in [3.05, 3.63) is 48.5 Å². The highest BCUT2D eigenvalue weighted by Gasteiger charge is 2.16. The van der Waals surface area contributed by atoms with Crippen molar-refractivity contribution in [2.45, 2.75) is 31.8 Å². The Kier molecular flexibility index (Phi) is 5.77. The minimum absolute atomic E-state index is 0.0555. The number of ether oxygens (including phenoxy) is 3. The fourth-order valence-corrected chi connectivity index (χ4v) is 2.86. The van der Waals surface area contributed by atoms with E-state index in [1.807, 2.05) is 24.3 Å². The largest absolute Gasteiger partial charge is 0.497 e. The zero-order chi connectivity index (χ0) is 17.5. The van der Waals surface area contributed by atoms with Crippen molar-refractivity contribution < 1.29 is 19.0 Å². The van der Waals surface area contributed by atoms with E-state index in [9.17, 15) is 4.79 Å². The van der Waals surface area contributed by atoms with Gasteiger partial charge in [0, 0.05) is 11.8 Å². The van der Waals surface area contributed by atoms with E-state index in [1.54, 1.807) is 31.4 Å². The normalized spacial score (nSPS) is 14.1. The highest BCUT2D eigenvalue weighted by molar-refractivity contribution is 5.92. The van der Waals surface area contributed by atoms with Gasteiger partial charge in [-0.05, 0) is 62.1 Å². The van der Waals surface area contributed by atoms with E-state index in [2.05, 4.69) is 5.32 Å². The van der Waals surface area contributed by atoms with Gasteiger partial charge in [0.05, 0.1) is 13.2 Å². The lowest BCUT2D eigenvalue weighted by atomic mass is 10.2. The molecule has 1 N–H and O–H groups in total. The zero-order valence-corrected chi connectivity index (χ0v) is 14.4. The molecule has 0 atom stereocenters. The van der Waals surface area contributed by atoms with Crippen LogP contribution in [-0.2, 0) is 4.79 Å². The molecule has 0 saturated heterocycles. The van der Waals surface area contributed by atoms with E-state index >= 15 is 0 Å². The van der Waals surface area contributed by atoms with Crippen molar-refractivity contribution in [3.8, 4) is 17.2 Å². The van der Waals surface area contributed by atoms with Crippen LogP contribution in [0.25, 0.3) is 0 Å². The van der Waals surface area contributed by atoms with E-state index in [0.29, 0.717) is 17.5 Å². The van der Waals surface area contributed by atoms with Crippen molar-refractivity contribution in [3.63, 3.8) is 0 Å². The van der Waals surface area contributed by atoms with Gasteiger partial charge in [0.1, 0.15) is 17.2 Å². The van der Waals surface area contributed by atoms with Crippen LogP contribution in [0, 0.1) is 0 Å². The number of hydrogen-bond donors (Lipinski definition) is 1. The fraction of sp³-hybridized carbons (Fsp3) is 0.350. The van der Waals surface area contributed by atoms with Gasteiger partial charge in [0.2, 0.25) is 0 Å². The number of benzene rings is 2. The molecular weight excluding hydrogens is 318 g/mol. The summed E-state index contributed by atoms with van der Waals surface area (Å²) < 4.78 is 16.5. The monoisotopic (exact) mass is 341 g/mol. The van der Waals surface area contributed by atoms with Crippen LogP contribution < -0.4 is 19.5 Å². The molecule has 0 heterocycles. The molecule has 1 amide bonds. The van der Waals surface area contributed by atoms with E-state index in [4.69, 9.17) is 14.2 Å². The average Bonchev–Trinajstić information content (AvgIpc) is 3.14. The lowest BCUT2D eigenvalue weighted by Crippen LogP contribution is -2.20. The molecule has 1 fully saturated rings. The van der Waals surface area contributed by atoms with E-state index in [-0.39, 0.29) is 12.5 Å². The first-order chi connectivity index (χ1) is 12.2. The molecule has 25 heavy (non-hydrogen) atoms. The Bertz CT molecular complexity index is 693. The maximum atomic E-state index is 12.1. The molecule has 5 nitrogen and oxygen atoms in total. The Balaban J connectivity index is 1.49. The average molecular weight is 341 g/mol. The molecule has 0 aromatic heterocycles. The van der Waals surface area contributed by atoms with Crippen LogP contribution in [0.3, 0.4) is 0 Å². The number of methoxy groups -OCH3 is 1. The molecule has 0 unspecified atom stereocenters. The summed E-state index contributed by atoms with van der Waals surface area (Å²) in [6, 6.07) is 14.6. The van der Waals surface area contributed by atoms with Gasteiger partial charge >= 0.3 is 0 Å². The van der Waals surface area contributed by atoms with Crippen LogP contribution in [0.5, 0.6) is 17.2 Å². The molecule has 0 bridgehead atoms. The quantitative estimate of drug-likeness (QED) is 0.826. The van der Waals surface area contributed by atoms with Crippen LogP contribution in [0.1, 0.15) is 25.7 Å². The maximum Gasteiger partial charge on any atom is 0.262 e. The van der Waals surface area contributed by atoms with Crippen LogP contribution in [0.2, 0.25) is 0 Å². The predicted octanol–water partition coefficient (Wildman–Crippen LogP) is 4.03. The molecule has 132 valence electrons. The van der Waals surface area contributed by atoms with Gasteiger partial charge in [-0.1, -0.05) is 6.07 Å². The molecule has 0 aliphatic heterocycles. The predicted molar refractivity (Wildman–Crippen MR) is 96.4 cm³/mol. The van der Waals surface area contributed by atoms with Crippen LogP contribution in [-0.4, -0.2) is 25.7 Å². The lowest BCUT2D eigenvalue weighted by Gasteiger charge is -2.14. The molecule has 2 aromatic carbocycles. The SMILES string of the molecule is COc1ccc(OCC(=O)Nc2cccc(OC3CCCC3)c2)cc1. The number of nitrogens with one attached hydrogen (secondary N) is 1. The Morgan fingerprint density at radius 2 is 1.76 bits per heavy atom. The minimum Gasteiger partial charge on any atom is -0.497 e. The van der Waals surface area contributed by atoms with Gasteiger partial charge in [-0.25, -0.2) is 0 Å². The first kappa shape index (κ1) is 17.1. The van der Waals surface area contributed by atoms with Crippen molar-refractivity contribution in [1.29, 1.82) is 0 Å². The van der Waals surface area contributed by atoms with Gasteiger partial charge in [-0.3, -0.25) is 4.79 Å². The fourth-order valence-electron chi connectivity index (χ4n) is 2.86. The summed E-state index contributed by atoms with van der Waals surface area (Å²) in [7, 11) is 1.61. The first-order valence-corrected chi connectivity index (χ1v) is 8.56. The minimum atomic E-state index is -0.214. The molecular formula is C20H23NO4. The highest BCUT2D eigenvalue weighted by atomic mass is 16.5. The summed E-state index contributed by atoms with van der Waals surface area (Å²) >= 11 is 0. The van der Waals surface area contributed by atoms with E-state index in [1.165, 1.54) is 12.8 Å². The molecule has 1 aliphatic carbocycles. The van der Waals surface area contributed by atoms with Gasteiger partial charge in [0.15, 0.2) is 6.61 Å². The number of anilines is 1. The lowest BCUT2D eigenvalue weighted by molar-refractivity contribution is -0.118. The summed E-state index contributed by atoms with van der Waals surface area (Å²) in [4.78, 5) is 12.1. The van der Waals surface area contributed by atoms with E-state index in [0.717, 1.165) is 24.3 Å². The van der Waals surface area contributed by atoms with Gasteiger partial charge in [-0.15, -0.1) is 0 Å². The highest BCUT2D eigenvalue weighted by Crippen LogP contribution is 2.25. The van der Waals surface area contributed by atoms with Crippen molar-refractivity contribution >= 4 is 11.6 Å². The molecule has 2 aromatic rings. The smallest absolute Gasteiger partial charge is 0.262 e. The number of amides is 1. The third-order valence-electron chi connectivity index (χ3n) is 4.15. The van der Waals surface area contributed by atoms with Gasteiger partial charge < -0.3 is 19.5 Å². The van der Waals surface area contributed by atoms with Crippen molar-refractivity contribution in [2.75, 3.05) is 19.0 Å². The summed E-state index contributed by atoms with van der Waals surface area (Å²) in [5, 5.41) is 2.83. The zero-order valence-electron chi connectivity index (χ0n) is 14.4. The molecule has 0 spiro atoms. The maximum absolute atomic E-state index is 12.1. The molecule has 3 rings (SSSR count). The number of carbonyl (C=O) groups excluding carboxylic acids is 1. The molecule has 5 heteroatoms. The topological polar surface area (TPSA) is 56.8 Å². The molecule has 1 aliphatic rings. The second kappa shape index (κ2) is 8.42. The number of carbonyl (C=O) groups is 1. The standard InChI is InChI=1S/C20H23NO4/c1-23-16-9-11-17(12-10-16)24-14-20(22)21-15-5-4-8-19(13-15)25-18-6-2-3-7-18/h4-5,8-13,18H,2-3,6-7,14H2,1H3,(H,21,22). The van der Waals surface area contributed by atoms with Crippen LogP contribution in [0.15, 0.2) is 48.5 Å². The summed E-state index contributed by atoms with van der Waals surface area (Å²) in [5.74, 6) is 1.94. The molecule has 1 saturated carbocycles. The second-order valence-corrected chi connectivity index (χ2v) is 6.06. The first-order valence-electron chi connectivity index (χ1n) is 8.56. The Morgan fingerprint density at radius 3 is 2.48 bits per heavy atom. The second-order valence-electron chi connectivity index (χ2n) is 6.06. The van der Waals surface area contributed by atoms with Crippen molar-refractivity contribution in [1.82, 2.24) is 0 Å². The Hall–Kier alpha value is -2.69. The van der Waals surface area contributed by atoms with E-state index < -0.39 is 0 Å². The third kappa shape index (κ3) is 5.14. The summed E-state index contributed by atoms with van der Waals surface area (Å²) in [6.45, 7) is -0.0555. The number of hydrogen-bond acceptors (Lipinski definition) is 4. The Morgan fingerprint density at radius 1 is 1.04 bits per heavy atom. The molecule has 0 radical (unpaired) electrons. The Labute approximate surface area is 147 Å². The van der Waals surface area contributed by atoms with Gasteiger partial charge in [0.25, 0.3) is 5.91 Å². The van der Waals surface area contributed by atoms with Crippen molar-refractivity contribution in [2.24, 2.45) is 0 Å². The number of rotatable bonds is 7. The van der Waals surface area contributed by atoms with Crippen LogP contribution >= 0.6 is 0 Å². The van der Waals surface area contributed by atoms with Gasteiger partial charge in [-0.2, -0.15) is 0 Å². The summed E-state index contributed by atoms with van der Waals surface area (Å²) in [6.07, 6.45) is 4.95. The van der Waals surface area contributed by atoms with Crippen LogP contribution in [0.4, 0.5) is 5.69 Å². The third-order valence-corrected chi connectivity index (χ3v) is 4.15.